The molecule has 0 spiro atoms. The van der Waals surface area contributed by atoms with Crippen LogP contribution in [0.1, 0.15) is 0 Å². The van der Waals surface area contributed by atoms with Gasteiger partial charge in [-0.3, -0.25) is 0 Å². The van der Waals surface area contributed by atoms with Crippen LogP contribution in [0, 0.1) is 0 Å². The van der Waals surface area contributed by atoms with Gasteiger partial charge in [0.1, 0.15) is 4.90 Å². The van der Waals surface area contributed by atoms with Crippen LogP contribution >= 0.6 is 0 Å². The van der Waals surface area contributed by atoms with E-state index in [9.17, 15) is 8.42 Å². The van der Waals surface area contributed by atoms with E-state index in [1.807, 2.05) is 0 Å². The van der Waals surface area contributed by atoms with Crippen LogP contribution in [0.25, 0.3) is 11.0 Å². The molecule has 21 heavy (non-hydrogen) atoms. The summed E-state index contributed by atoms with van der Waals surface area (Å²) in [7, 11) is -0.611. The van der Waals surface area contributed by atoms with Gasteiger partial charge in [-0.1, -0.05) is 0 Å². The summed E-state index contributed by atoms with van der Waals surface area (Å²) in [5.41, 5.74) is 1.62. The Kier molecular flexibility index (Phi) is 3.56. The summed E-state index contributed by atoms with van der Waals surface area (Å²) >= 11 is 0. The lowest BCUT2D eigenvalue weighted by Gasteiger charge is -2.29. The molecule has 3 rings (SSSR count). The van der Waals surface area contributed by atoms with E-state index >= 15 is 0 Å². The third kappa shape index (κ3) is 2.37. The molecular formula is C12H17N5O3S. The highest BCUT2D eigenvalue weighted by atomic mass is 32.2. The van der Waals surface area contributed by atoms with Crippen LogP contribution in [-0.2, 0) is 10.0 Å². The molecule has 0 radical (unpaired) electrons. The largest absolute Gasteiger partial charge is 0.367 e. The molecule has 2 heterocycles. The Bertz CT molecular complexity index is 749. The molecule has 9 heteroatoms. The SMILES string of the molecule is CN(C)S(=O)(=O)c1ccc(N2CCNCC2)c2nonc12. The maximum absolute atomic E-state index is 12.3. The summed E-state index contributed by atoms with van der Waals surface area (Å²) in [6.07, 6.45) is 0. The van der Waals surface area contributed by atoms with E-state index in [1.165, 1.54) is 14.1 Å². The summed E-state index contributed by atoms with van der Waals surface area (Å²) in [6.45, 7) is 3.43. The van der Waals surface area contributed by atoms with Gasteiger partial charge in [0.15, 0.2) is 11.0 Å². The molecule has 0 bridgehead atoms. The number of hydrogen-bond donors (Lipinski definition) is 1. The molecule has 0 saturated carbocycles. The molecular weight excluding hydrogens is 294 g/mol. The monoisotopic (exact) mass is 311 g/mol. The number of nitrogens with one attached hydrogen (secondary N) is 1. The van der Waals surface area contributed by atoms with Crippen molar-refractivity contribution in [2.75, 3.05) is 45.2 Å². The van der Waals surface area contributed by atoms with E-state index in [2.05, 4.69) is 20.5 Å². The lowest BCUT2D eigenvalue weighted by molar-refractivity contribution is 0.315. The number of sulfonamides is 1. The number of piperazine rings is 1. The molecule has 1 fully saturated rings. The number of anilines is 1. The van der Waals surface area contributed by atoms with Crippen LogP contribution < -0.4 is 10.2 Å². The first-order chi connectivity index (χ1) is 10.0. The van der Waals surface area contributed by atoms with Crippen LogP contribution in [-0.4, -0.2) is 63.3 Å². The number of benzene rings is 1. The zero-order chi connectivity index (χ0) is 15.0. The molecule has 1 aromatic carbocycles. The average molecular weight is 311 g/mol. The average Bonchev–Trinajstić information content (AvgIpc) is 2.96. The predicted molar refractivity (Wildman–Crippen MR) is 77.8 cm³/mol. The Hall–Kier alpha value is -1.71. The van der Waals surface area contributed by atoms with Crippen LogP contribution in [0.5, 0.6) is 0 Å². The molecule has 1 aliphatic rings. The minimum Gasteiger partial charge on any atom is -0.367 e. The van der Waals surface area contributed by atoms with E-state index in [-0.39, 0.29) is 10.4 Å². The highest BCUT2D eigenvalue weighted by Crippen LogP contribution is 2.30. The van der Waals surface area contributed by atoms with Crippen molar-refractivity contribution in [3.63, 3.8) is 0 Å². The summed E-state index contributed by atoms with van der Waals surface area (Å²) < 4.78 is 30.6. The van der Waals surface area contributed by atoms with Gasteiger partial charge in [0, 0.05) is 40.3 Å². The van der Waals surface area contributed by atoms with Gasteiger partial charge in [-0.05, 0) is 22.4 Å². The van der Waals surface area contributed by atoms with E-state index in [4.69, 9.17) is 4.63 Å². The van der Waals surface area contributed by atoms with E-state index in [0.717, 1.165) is 36.2 Å². The Morgan fingerprint density at radius 3 is 2.52 bits per heavy atom. The van der Waals surface area contributed by atoms with E-state index in [1.54, 1.807) is 12.1 Å². The topological polar surface area (TPSA) is 91.6 Å². The zero-order valence-electron chi connectivity index (χ0n) is 11.9. The van der Waals surface area contributed by atoms with Crippen molar-refractivity contribution in [1.82, 2.24) is 19.9 Å². The van der Waals surface area contributed by atoms with Crippen molar-refractivity contribution < 1.29 is 13.0 Å². The first-order valence-corrected chi connectivity index (χ1v) is 8.09. The van der Waals surface area contributed by atoms with Crippen LogP contribution in [0.4, 0.5) is 5.69 Å². The Morgan fingerprint density at radius 1 is 1.19 bits per heavy atom. The zero-order valence-corrected chi connectivity index (χ0v) is 12.7. The standard InChI is InChI=1S/C12H17N5O3S/c1-16(2)21(18,19)10-4-3-9(11-12(10)15-20-14-11)17-7-5-13-6-8-17/h3-4,13H,5-8H2,1-2H3. The minimum atomic E-state index is -3.58. The van der Waals surface area contributed by atoms with Gasteiger partial charge in [0.2, 0.25) is 10.0 Å². The number of aromatic nitrogens is 2. The van der Waals surface area contributed by atoms with Gasteiger partial charge in [-0.2, -0.15) is 0 Å². The van der Waals surface area contributed by atoms with Gasteiger partial charge in [0.05, 0.1) is 5.69 Å². The summed E-state index contributed by atoms with van der Waals surface area (Å²) in [4.78, 5) is 2.26. The van der Waals surface area contributed by atoms with Crippen LogP contribution in [0.3, 0.4) is 0 Å². The number of hydrogen-bond acceptors (Lipinski definition) is 7. The number of nitrogens with zero attached hydrogens (tertiary/aromatic N) is 4. The third-order valence-corrected chi connectivity index (χ3v) is 5.42. The lowest BCUT2D eigenvalue weighted by atomic mass is 10.2. The Labute approximate surface area is 122 Å². The van der Waals surface area contributed by atoms with Crippen molar-refractivity contribution in [3.8, 4) is 0 Å². The van der Waals surface area contributed by atoms with Crippen molar-refractivity contribution in [2.45, 2.75) is 4.90 Å². The molecule has 1 N–H and O–H groups in total. The summed E-state index contributed by atoms with van der Waals surface area (Å²) in [5, 5.41) is 11.0. The maximum Gasteiger partial charge on any atom is 0.244 e. The van der Waals surface area contributed by atoms with Gasteiger partial charge in [0.25, 0.3) is 0 Å². The van der Waals surface area contributed by atoms with Crippen molar-refractivity contribution in [3.05, 3.63) is 12.1 Å². The van der Waals surface area contributed by atoms with Crippen molar-refractivity contribution in [1.29, 1.82) is 0 Å². The van der Waals surface area contributed by atoms with E-state index < -0.39 is 10.0 Å². The number of fused-ring (bicyclic) bond motifs is 1. The van der Waals surface area contributed by atoms with Gasteiger partial charge < -0.3 is 10.2 Å². The Balaban J connectivity index is 2.14. The first-order valence-electron chi connectivity index (χ1n) is 6.65. The minimum absolute atomic E-state index is 0.114. The second-order valence-corrected chi connectivity index (χ2v) is 7.19. The molecule has 2 aromatic rings. The molecule has 0 amide bonds. The van der Waals surface area contributed by atoms with Crippen LogP contribution in [0.2, 0.25) is 0 Å². The number of rotatable bonds is 3. The molecule has 0 aliphatic carbocycles. The molecule has 1 aromatic heterocycles. The highest BCUT2D eigenvalue weighted by molar-refractivity contribution is 7.89. The molecule has 114 valence electrons. The molecule has 1 aliphatic heterocycles. The molecule has 0 unspecified atom stereocenters. The Morgan fingerprint density at radius 2 is 1.86 bits per heavy atom. The quantitative estimate of drug-likeness (QED) is 0.845. The predicted octanol–water partition coefficient (Wildman–Crippen LogP) is -0.117. The fraction of sp³-hybridized carbons (Fsp3) is 0.500. The van der Waals surface area contributed by atoms with Crippen LogP contribution in [0.15, 0.2) is 21.7 Å². The molecule has 8 nitrogen and oxygen atoms in total. The maximum atomic E-state index is 12.3. The fourth-order valence-electron chi connectivity index (χ4n) is 2.40. The summed E-state index contributed by atoms with van der Waals surface area (Å²) in [5.74, 6) is 0. The summed E-state index contributed by atoms with van der Waals surface area (Å²) in [6, 6.07) is 3.34. The normalized spacial score (nSPS) is 16.8. The van der Waals surface area contributed by atoms with Crippen molar-refractivity contribution in [2.24, 2.45) is 0 Å². The first kappa shape index (κ1) is 14.2. The van der Waals surface area contributed by atoms with Gasteiger partial charge in [-0.25, -0.2) is 17.4 Å². The molecule has 0 atom stereocenters. The van der Waals surface area contributed by atoms with Gasteiger partial charge >= 0.3 is 0 Å². The second-order valence-electron chi connectivity index (χ2n) is 5.07. The smallest absolute Gasteiger partial charge is 0.244 e. The lowest BCUT2D eigenvalue weighted by Crippen LogP contribution is -2.43. The van der Waals surface area contributed by atoms with Crippen molar-refractivity contribution >= 4 is 26.7 Å². The molecule has 1 saturated heterocycles. The van der Waals surface area contributed by atoms with E-state index in [0.29, 0.717) is 5.52 Å². The second kappa shape index (κ2) is 5.24. The fourth-order valence-corrected chi connectivity index (χ4v) is 3.41. The highest BCUT2D eigenvalue weighted by Gasteiger charge is 2.26. The third-order valence-electron chi connectivity index (χ3n) is 3.57. The van der Waals surface area contributed by atoms with Gasteiger partial charge in [-0.15, -0.1) is 0 Å².